The van der Waals surface area contributed by atoms with Crippen molar-refractivity contribution in [3.8, 4) is 0 Å². The topological polar surface area (TPSA) is 20.5 Å². The largest absolute Gasteiger partial charge is 0.304 e. The summed E-state index contributed by atoms with van der Waals surface area (Å²) in [6, 6.07) is 6.28. The summed E-state index contributed by atoms with van der Waals surface area (Å²) in [6.07, 6.45) is 6.59. The highest BCUT2D eigenvalue weighted by Gasteiger charge is 2.22. The number of rotatable bonds is 2. The molecule has 0 atom stereocenters. The van der Waals surface area contributed by atoms with Gasteiger partial charge in [-0.05, 0) is 44.6 Å². The Balaban J connectivity index is 1.85. The van der Waals surface area contributed by atoms with Crippen molar-refractivity contribution in [1.82, 2.24) is 14.3 Å². The fourth-order valence-electron chi connectivity index (χ4n) is 2.77. The highest BCUT2D eigenvalue weighted by molar-refractivity contribution is 5.45. The Bertz CT molecular complexity index is 495. The molecule has 17 heavy (non-hydrogen) atoms. The first-order valence-corrected chi connectivity index (χ1v) is 6.53. The SMILES string of the molecule is CCN1CCC(c2ncc3ccccn23)CC1. The lowest BCUT2D eigenvalue weighted by Gasteiger charge is -2.30. The van der Waals surface area contributed by atoms with Crippen molar-refractivity contribution in [2.45, 2.75) is 25.7 Å². The molecule has 1 saturated heterocycles. The van der Waals surface area contributed by atoms with Crippen LogP contribution in [0.3, 0.4) is 0 Å². The van der Waals surface area contributed by atoms with Gasteiger partial charge in [-0.15, -0.1) is 0 Å². The van der Waals surface area contributed by atoms with Crippen molar-refractivity contribution < 1.29 is 0 Å². The van der Waals surface area contributed by atoms with E-state index >= 15 is 0 Å². The predicted molar refractivity (Wildman–Crippen MR) is 69.3 cm³/mol. The zero-order valence-electron chi connectivity index (χ0n) is 10.3. The van der Waals surface area contributed by atoms with Gasteiger partial charge in [-0.3, -0.25) is 0 Å². The summed E-state index contributed by atoms with van der Waals surface area (Å²) in [5.74, 6) is 1.87. The van der Waals surface area contributed by atoms with Gasteiger partial charge >= 0.3 is 0 Å². The third-order valence-corrected chi connectivity index (χ3v) is 3.87. The molecule has 0 spiro atoms. The van der Waals surface area contributed by atoms with E-state index in [1.165, 1.54) is 43.8 Å². The van der Waals surface area contributed by atoms with E-state index in [1.54, 1.807) is 0 Å². The van der Waals surface area contributed by atoms with E-state index in [4.69, 9.17) is 0 Å². The van der Waals surface area contributed by atoms with E-state index in [0.29, 0.717) is 5.92 Å². The number of piperidine rings is 1. The van der Waals surface area contributed by atoms with Crippen LogP contribution in [-0.4, -0.2) is 33.9 Å². The Morgan fingerprint density at radius 3 is 2.88 bits per heavy atom. The van der Waals surface area contributed by atoms with Gasteiger partial charge in [-0.25, -0.2) is 4.98 Å². The number of likely N-dealkylation sites (tertiary alicyclic amines) is 1. The van der Waals surface area contributed by atoms with Gasteiger partial charge in [-0.1, -0.05) is 13.0 Å². The molecule has 0 amide bonds. The highest BCUT2D eigenvalue weighted by Crippen LogP contribution is 2.27. The van der Waals surface area contributed by atoms with Crippen LogP contribution in [0.15, 0.2) is 30.6 Å². The third-order valence-electron chi connectivity index (χ3n) is 3.87. The lowest BCUT2D eigenvalue weighted by atomic mass is 9.96. The molecule has 1 fully saturated rings. The predicted octanol–water partition coefficient (Wildman–Crippen LogP) is 2.53. The van der Waals surface area contributed by atoms with E-state index in [2.05, 4.69) is 45.6 Å². The van der Waals surface area contributed by atoms with Gasteiger partial charge in [0.15, 0.2) is 0 Å². The van der Waals surface area contributed by atoms with Gasteiger partial charge in [-0.2, -0.15) is 0 Å². The van der Waals surface area contributed by atoms with Gasteiger partial charge in [0.2, 0.25) is 0 Å². The van der Waals surface area contributed by atoms with Crippen molar-refractivity contribution in [1.29, 1.82) is 0 Å². The molecule has 0 radical (unpaired) electrons. The maximum absolute atomic E-state index is 4.61. The maximum atomic E-state index is 4.61. The number of pyridine rings is 1. The highest BCUT2D eigenvalue weighted by atomic mass is 15.1. The Labute approximate surface area is 102 Å². The average Bonchev–Trinajstić information content (AvgIpc) is 2.83. The number of nitrogens with zero attached hydrogens (tertiary/aromatic N) is 3. The van der Waals surface area contributed by atoms with Gasteiger partial charge in [0, 0.05) is 12.1 Å². The second-order valence-corrected chi connectivity index (χ2v) is 4.82. The molecule has 0 aliphatic carbocycles. The van der Waals surface area contributed by atoms with Crippen molar-refractivity contribution >= 4 is 5.52 Å². The van der Waals surface area contributed by atoms with Crippen LogP contribution in [0.1, 0.15) is 31.5 Å². The monoisotopic (exact) mass is 229 g/mol. The van der Waals surface area contributed by atoms with Crippen LogP contribution in [0.2, 0.25) is 0 Å². The first-order valence-electron chi connectivity index (χ1n) is 6.53. The van der Waals surface area contributed by atoms with Crippen LogP contribution >= 0.6 is 0 Å². The van der Waals surface area contributed by atoms with E-state index in [1.807, 2.05) is 6.20 Å². The zero-order valence-corrected chi connectivity index (χ0v) is 10.3. The molecule has 1 aliphatic heterocycles. The number of hydrogen-bond acceptors (Lipinski definition) is 2. The third kappa shape index (κ3) is 1.95. The Kier molecular flexibility index (Phi) is 2.85. The quantitative estimate of drug-likeness (QED) is 0.789. The first-order chi connectivity index (χ1) is 8.38. The molecule has 2 aromatic heterocycles. The Morgan fingerprint density at radius 1 is 1.29 bits per heavy atom. The number of fused-ring (bicyclic) bond motifs is 1. The lowest BCUT2D eigenvalue weighted by molar-refractivity contribution is 0.219. The molecule has 1 aliphatic rings. The summed E-state index contributed by atoms with van der Waals surface area (Å²) >= 11 is 0. The van der Waals surface area contributed by atoms with Crippen LogP contribution in [0.5, 0.6) is 0 Å². The van der Waals surface area contributed by atoms with Crippen molar-refractivity contribution in [2.24, 2.45) is 0 Å². The first kappa shape index (κ1) is 10.8. The lowest BCUT2D eigenvalue weighted by Crippen LogP contribution is -2.33. The Morgan fingerprint density at radius 2 is 2.12 bits per heavy atom. The minimum absolute atomic E-state index is 0.627. The molecule has 3 heteroatoms. The molecule has 3 rings (SSSR count). The summed E-state index contributed by atoms with van der Waals surface area (Å²) in [5, 5.41) is 0. The van der Waals surface area contributed by atoms with Crippen LogP contribution < -0.4 is 0 Å². The normalized spacial score (nSPS) is 18.9. The molecular weight excluding hydrogens is 210 g/mol. The second-order valence-electron chi connectivity index (χ2n) is 4.82. The molecule has 0 saturated carbocycles. The molecule has 3 heterocycles. The van der Waals surface area contributed by atoms with Crippen LogP contribution in [0.25, 0.3) is 5.52 Å². The molecule has 0 unspecified atom stereocenters. The molecule has 0 N–H and O–H groups in total. The van der Waals surface area contributed by atoms with Gasteiger partial charge < -0.3 is 9.30 Å². The smallest absolute Gasteiger partial charge is 0.116 e. The van der Waals surface area contributed by atoms with Crippen molar-refractivity contribution in [3.63, 3.8) is 0 Å². The minimum atomic E-state index is 0.627. The summed E-state index contributed by atoms with van der Waals surface area (Å²) < 4.78 is 2.24. The van der Waals surface area contributed by atoms with E-state index < -0.39 is 0 Å². The number of hydrogen-bond donors (Lipinski definition) is 0. The number of imidazole rings is 1. The van der Waals surface area contributed by atoms with Crippen LogP contribution in [0, 0.1) is 0 Å². The van der Waals surface area contributed by atoms with Crippen LogP contribution in [0.4, 0.5) is 0 Å². The van der Waals surface area contributed by atoms with E-state index in [9.17, 15) is 0 Å². The molecule has 3 nitrogen and oxygen atoms in total. The maximum Gasteiger partial charge on any atom is 0.116 e. The molecule has 0 aromatic carbocycles. The minimum Gasteiger partial charge on any atom is -0.304 e. The fourth-order valence-corrected chi connectivity index (χ4v) is 2.77. The zero-order chi connectivity index (χ0) is 11.7. The molecule has 2 aromatic rings. The second kappa shape index (κ2) is 4.49. The molecular formula is C14H19N3. The summed E-state index contributed by atoms with van der Waals surface area (Å²) in [6.45, 7) is 5.84. The Hall–Kier alpha value is -1.35. The standard InChI is InChI=1S/C14H19N3/c1-2-16-9-6-12(7-10-16)14-15-11-13-5-3-4-8-17(13)14/h3-5,8,11-12H,2,6-7,9-10H2,1H3. The summed E-state index contributed by atoms with van der Waals surface area (Å²) in [5.41, 5.74) is 1.21. The van der Waals surface area contributed by atoms with E-state index in [-0.39, 0.29) is 0 Å². The van der Waals surface area contributed by atoms with Gasteiger partial charge in [0.05, 0.1) is 11.7 Å². The van der Waals surface area contributed by atoms with Crippen LogP contribution in [-0.2, 0) is 0 Å². The summed E-state index contributed by atoms with van der Waals surface area (Å²) in [7, 11) is 0. The van der Waals surface area contributed by atoms with Crippen molar-refractivity contribution in [3.05, 3.63) is 36.4 Å². The number of aromatic nitrogens is 2. The van der Waals surface area contributed by atoms with Gasteiger partial charge in [0.1, 0.15) is 5.82 Å². The van der Waals surface area contributed by atoms with Gasteiger partial charge in [0.25, 0.3) is 0 Å². The van der Waals surface area contributed by atoms with E-state index in [0.717, 1.165) is 0 Å². The average molecular weight is 229 g/mol. The summed E-state index contributed by atoms with van der Waals surface area (Å²) in [4.78, 5) is 7.13. The van der Waals surface area contributed by atoms with Crippen molar-refractivity contribution in [2.75, 3.05) is 19.6 Å². The molecule has 90 valence electrons. The fraction of sp³-hybridized carbons (Fsp3) is 0.500. The molecule has 0 bridgehead atoms.